The molecule has 1 aliphatic rings. The summed E-state index contributed by atoms with van der Waals surface area (Å²) < 4.78 is 7.27. The number of likely N-dealkylation sites (tertiary alicyclic amines) is 1. The molecule has 146 valence electrons. The first-order chi connectivity index (χ1) is 14.2. The largest absolute Gasteiger partial charge is 0.339 e. The third kappa shape index (κ3) is 3.26. The summed E-state index contributed by atoms with van der Waals surface area (Å²) in [6, 6.07) is 7.66. The van der Waals surface area contributed by atoms with Crippen molar-refractivity contribution < 1.29 is 9.32 Å². The Kier molecular flexibility index (Phi) is 4.31. The molecule has 1 aliphatic heterocycles. The molecule has 0 aliphatic carbocycles. The summed E-state index contributed by atoms with van der Waals surface area (Å²) in [5.41, 5.74) is 3.35. The lowest BCUT2D eigenvalue weighted by atomic mass is 9.97. The highest BCUT2D eigenvalue weighted by molar-refractivity contribution is 6.00. The predicted octanol–water partition coefficient (Wildman–Crippen LogP) is 3.11. The van der Waals surface area contributed by atoms with E-state index >= 15 is 0 Å². The van der Waals surface area contributed by atoms with Crippen LogP contribution in [0.3, 0.4) is 0 Å². The van der Waals surface area contributed by atoms with Crippen LogP contribution in [0.5, 0.6) is 0 Å². The standard InChI is InChI=1S/C21H20N6O2/c1-14-6-7-18-17(11-23-27(18)12-14)21(28)26-9-3-5-16(13-26)20-24-19(25-29-20)15-4-2-8-22-10-15/h2,4,6-8,10-12,16H,3,5,9,13H2,1H3. The second-order valence-electron chi connectivity index (χ2n) is 7.38. The zero-order chi connectivity index (χ0) is 19.8. The SMILES string of the molecule is Cc1ccc2c(C(=O)N3CCCC(c4nc(-c5cccnc5)no4)C3)cnn2c1. The van der Waals surface area contributed by atoms with Crippen molar-refractivity contribution in [2.24, 2.45) is 0 Å². The highest BCUT2D eigenvalue weighted by Gasteiger charge is 2.30. The maximum atomic E-state index is 13.2. The van der Waals surface area contributed by atoms with Gasteiger partial charge >= 0.3 is 0 Å². The monoisotopic (exact) mass is 388 g/mol. The minimum atomic E-state index is -0.0134. The van der Waals surface area contributed by atoms with Crippen LogP contribution in [0.25, 0.3) is 16.9 Å². The van der Waals surface area contributed by atoms with Crippen molar-refractivity contribution in [1.82, 2.24) is 29.6 Å². The first-order valence-electron chi connectivity index (χ1n) is 9.66. The molecule has 29 heavy (non-hydrogen) atoms. The minimum absolute atomic E-state index is 0.0134. The van der Waals surface area contributed by atoms with Crippen LogP contribution in [0.15, 0.2) is 53.6 Å². The van der Waals surface area contributed by atoms with Gasteiger partial charge in [-0.05, 0) is 43.5 Å². The fourth-order valence-corrected chi connectivity index (χ4v) is 3.80. The lowest BCUT2D eigenvalue weighted by Gasteiger charge is -2.30. The number of carbonyl (C=O) groups excluding carboxylic acids is 1. The summed E-state index contributed by atoms with van der Waals surface area (Å²) in [6.45, 7) is 3.26. The smallest absolute Gasteiger partial charge is 0.257 e. The Balaban J connectivity index is 1.36. The van der Waals surface area contributed by atoms with Crippen LogP contribution in [0.4, 0.5) is 0 Å². The molecule has 1 unspecified atom stereocenters. The highest BCUT2D eigenvalue weighted by Crippen LogP contribution is 2.28. The van der Waals surface area contributed by atoms with Crippen LogP contribution in [0.1, 0.15) is 40.6 Å². The summed E-state index contributed by atoms with van der Waals surface area (Å²) in [7, 11) is 0. The maximum absolute atomic E-state index is 13.2. The Bertz CT molecular complexity index is 1170. The van der Waals surface area contributed by atoms with E-state index in [1.807, 2.05) is 42.3 Å². The number of hydrogen-bond acceptors (Lipinski definition) is 6. The number of aromatic nitrogens is 5. The fourth-order valence-electron chi connectivity index (χ4n) is 3.80. The summed E-state index contributed by atoms with van der Waals surface area (Å²) in [6.07, 6.45) is 8.78. The van der Waals surface area contributed by atoms with Gasteiger partial charge in [-0.15, -0.1) is 0 Å². The number of fused-ring (bicyclic) bond motifs is 1. The third-order valence-electron chi connectivity index (χ3n) is 5.31. The quantitative estimate of drug-likeness (QED) is 0.536. The average Bonchev–Trinajstić information content (AvgIpc) is 3.41. The van der Waals surface area contributed by atoms with E-state index in [-0.39, 0.29) is 11.8 Å². The summed E-state index contributed by atoms with van der Waals surface area (Å²) in [5, 5.41) is 8.42. The van der Waals surface area contributed by atoms with E-state index < -0.39 is 0 Å². The van der Waals surface area contributed by atoms with Crippen molar-refractivity contribution >= 4 is 11.4 Å². The molecular formula is C21H20N6O2. The van der Waals surface area contributed by atoms with Gasteiger partial charge in [0, 0.05) is 37.2 Å². The van der Waals surface area contributed by atoms with E-state index in [9.17, 15) is 4.79 Å². The molecule has 4 aromatic heterocycles. The van der Waals surface area contributed by atoms with Gasteiger partial charge in [0.25, 0.3) is 5.91 Å². The Labute approximate surface area is 167 Å². The van der Waals surface area contributed by atoms with Crippen LogP contribution in [0, 0.1) is 6.92 Å². The summed E-state index contributed by atoms with van der Waals surface area (Å²) in [5.74, 6) is 1.10. The summed E-state index contributed by atoms with van der Waals surface area (Å²) in [4.78, 5) is 23.7. The molecule has 0 radical (unpaired) electrons. The van der Waals surface area contributed by atoms with Crippen molar-refractivity contribution in [3.05, 3.63) is 66.1 Å². The molecule has 8 heteroatoms. The normalized spacial score (nSPS) is 17.0. The van der Waals surface area contributed by atoms with Gasteiger partial charge in [0.1, 0.15) is 0 Å². The van der Waals surface area contributed by atoms with Crippen LogP contribution in [0.2, 0.25) is 0 Å². The number of rotatable bonds is 3. The molecule has 0 spiro atoms. The third-order valence-corrected chi connectivity index (χ3v) is 5.31. The van der Waals surface area contributed by atoms with Gasteiger partial charge in [0.05, 0.1) is 23.2 Å². The van der Waals surface area contributed by atoms with Gasteiger partial charge in [0.2, 0.25) is 11.7 Å². The number of pyridine rings is 2. The molecule has 0 aromatic carbocycles. The van der Waals surface area contributed by atoms with Gasteiger partial charge < -0.3 is 9.42 Å². The molecule has 1 atom stereocenters. The van der Waals surface area contributed by atoms with E-state index in [0.717, 1.165) is 29.5 Å². The lowest BCUT2D eigenvalue weighted by Crippen LogP contribution is -2.39. The first-order valence-corrected chi connectivity index (χ1v) is 9.66. The lowest BCUT2D eigenvalue weighted by molar-refractivity contribution is 0.0697. The van der Waals surface area contributed by atoms with E-state index in [2.05, 4.69) is 20.2 Å². The van der Waals surface area contributed by atoms with Crippen LogP contribution >= 0.6 is 0 Å². The maximum Gasteiger partial charge on any atom is 0.257 e. The minimum Gasteiger partial charge on any atom is -0.339 e. The van der Waals surface area contributed by atoms with E-state index in [4.69, 9.17) is 4.52 Å². The molecular weight excluding hydrogens is 368 g/mol. The Hall–Kier alpha value is -3.55. The number of carbonyl (C=O) groups is 1. The van der Waals surface area contributed by atoms with Gasteiger partial charge in [-0.25, -0.2) is 4.52 Å². The molecule has 4 aromatic rings. The molecule has 1 amide bonds. The van der Waals surface area contributed by atoms with Crippen molar-refractivity contribution in [2.45, 2.75) is 25.7 Å². The molecule has 1 fully saturated rings. The van der Waals surface area contributed by atoms with Gasteiger partial charge in [0.15, 0.2) is 0 Å². The Morgan fingerprint density at radius 2 is 2.17 bits per heavy atom. The molecule has 5 heterocycles. The number of aryl methyl sites for hydroxylation is 1. The zero-order valence-electron chi connectivity index (χ0n) is 16.0. The highest BCUT2D eigenvalue weighted by atomic mass is 16.5. The van der Waals surface area contributed by atoms with Crippen LogP contribution in [-0.2, 0) is 0 Å². The Morgan fingerprint density at radius 1 is 1.24 bits per heavy atom. The number of amides is 1. The van der Waals surface area contributed by atoms with Gasteiger partial charge in [-0.1, -0.05) is 11.2 Å². The van der Waals surface area contributed by atoms with Gasteiger partial charge in [-0.3, -0.25) is 9.78 Å². The van der Waals surface area contributed by atoms with Crippen molar-refractivity contribution in [3.8, 4) is 11.4 Å². The van der Waals surface area contributed by atoms with E-state index in [1.54, 1.807) is 23.1 Å². The molecule has 0 N–H and O–H groups in total. The van der Waals surface area contributed by atoms with Gasteiger partial charge in [-0.2, -0.15) is 10.1 Å². The molecule has 0 bridgehead atoms. The summed E-state index contributed by atoms with van der Waals surface area (Å²) >= 11 is 0. The van der Waals surface area contributed by atoms with Crippen molar-refractivity contribution in [3.63, 3.8) is 0 Å². The second kappa shape index (κ2) is 7.12. The topological polar surface area (TPSA) is 89.4 Å². The van der Waals surface area contributed by atoms with Crippen molar-refractivity contribution in [1.29, 1.82) is 0 Å². The second-order valence-corrected chi connectivity index (χ2v) is 7.38. The molecule has 8 nitrogen and oxygen atoms in total. The number of piperidine rings is 1. The predicted molar refractivity (Wildman–Crippen MR) is 105 cm³/mol. The van der Waals surface area contributed by atoms with Crippen LogP contribution in [-0.4, -0.2) is 48.6 Å². The van der Waals surface area contributed by atoms with Crippen LogP contribution < -0.4 is 0 Å². The fraction of sp³-hybridized carbons (Fsp3) is 0.286. The van der Waals surface area contributed by atoms with E-state index in [0.29, 0.717) is 30.4 Å². The number of nitrogens with zero attached hydrogens (tertiary/aromatic N) is 6. The van der Waals surface area contributed by atoms with Crippen molar-refractivity contribution in [2.75, 3.05) is 13.1 Å². The first kappa shape index (κ1) is 17.5. The average molecular weight is 388 g/mol. The van der Waals surface area contributed by atoms with E-state index in [1.165, 1.54) is 0 Å². The number of hydrogen-bond donors (Lipinski definition) is 0. The zero-order valence-corrected chi connectivity index (χ0v) is 16.0. The molecule has 1 saturated heterocycles. The molecule has 0 saturated carbocycles. The molecule has 5 rings (SSSR count). The Morgan fingerprint density at radius 3 is 3.03 bits per heavy atom.